The van der Waals surface area contributed by atoms with Gasteiger partial charge in [-0.1, -0.05) is 0 Å². The molecule has 0 fully saturated rings. The Morgan fingerprint density at radius 3 is 2.21 bits per heavy atom. The third kappa shape index (κ3) is 11.5. The Morgan fingerprint density at radius 1 is 1.32 bits per heavy atom. The third-order valence-electron chi connectivity index (χ3n) is 1.63. The molecule has 1 amide bonds. The van der Waals surface area contributed by atoms with Crippen molar-refractivity contribution >= 4 is 22.2 Å². The Balaban J connectivity index is 4.51. The van der Waals surface area contributed by atoms with E-state index in [4.69, 9.17) is 9.84 Å². The highest BCUT2D eigenvalue weighted by molar-refractivity contribution is 7.85. The summed E-state index contributed by atoms with van der Waals surface area (Å²) in [6, 6.07) is -0.998. The molecule has 0 spiro atoms. The monoisotopic (exact) mass is 297 g/mol. The van der Waals surface area contributed by atoms with Crippen molar-refractivity contribution in [3.8, 4) is 0 Å². The fraction of sp³-hybridized carbons (Fsp3) is 0.800. The van der Waals surface area contributed by atoms with Gasteiger partial charge >= 0.3 is 12.1 Å². The van der Waals surface area contributed by atoms with Crippen molar-refractivity contribution in [3.05, 3.63) is 0 Å². The first-order valence-corrected chi connectivity index (χ1v) is 7.26. The van der Waals surface area contributed by atoms with Crippen molar-refractivity contribution < 1.29 is 32.0 Å². The van der Waals surface area contributed by atoms with Crippen LogP contribution in [0.2, 0.25) is 0 Å². The summed E-state index contributed by atoms with van der Waals surface area (Å²) in [6.45, 7) is 4.47. The number of hydrogen-bond donors (Lipinski definition) is 2. The maximum atomic E-state index is 11.4. The van der Waals surface area contributed by atoms with E-state index in [1.54, 1.807) is 20.8 Å². The van der Waals surface area contributed by atoms with E-state index in [0.717, 1.165) is 6.26 Å². The third-order valence-corrected chi connectivity index (χ3v) is 2.19. The molecule has 0 bridgehead atoms. The van der Waals surface area contributed by atoms with Gasteiger partial charge in [0.1, 0.15) is 5.60 Å². The predicted octanol–water partition coefficient (Wildman–Crippen LogP) is 0.331. The van der Waals surface area contributed by atoms with E-state index >= 15 is 0 Å². The number of nitrogens with one attached hydrogen (secondary N) is 1. The summed E-state index contributed by atoms with van der Waals surface area (Å²) in [5.74, 6) is -1.20. The van der Waals surface area contributed by atoms with Gasteiger partial charge < -0.3 is 15.2 Å². The molecule has 0 saturated heterocycles. The Kier molecular flexibility index (Phi) is 6.23. The van der Waals surface area contributed by atoms with Gasteiger partial charge in [0.05, 0.1) is 25.3 Å². The molecule has 0 aromatic heterocycles. The molecule has 0 rings (SSSR count). The first-order chi connectivity index (χ1) is 8.39. The van der Waals surface area contributed by atoms with Gasteiger partial charge in [-0.3, -0.25) is 8.98 Å². The maximum absolute atomic E-state index is 11.4. The highest BCUT2D eigenvalue weighted by atomic mass is 32.2. The van der Waals surface area contributed by atoms with Crippen LogP contribution in [0, 0.1) is 0 Å². The van der Waals surface area contributed by atoms with Crippen molar-refractivity contribution in [2.75, 3.05) is 12.9 Å². The van der Waals surface area contributed by atoms with E-state index in [-0.39, 0.29) is 0 Å². The number of carbonyl (C=O) groups excluding carboxylic acids is 1. The molecule has 0 aliphatic heterocycles. The highest BCUT2D eigenvalue weighted by Crippen LogP contribution is 2.07. The van der Waals surface area contributed by atoms with Gasteiger partial charge in [0.25, 0.3) is 10.1 Å². The van der Waals surface area contributed by atoms with Crippen molar-refractivity contribution in [1.82, 2.24) is 5.32 Å². The molecule has 2 N–H and O–H groups in total. The summed E-state index contributed by atoms with van der Waals surface area (Å²) in [4.78, 5) is 22.0. The zero-order chi connectivity index (χ0) is 15.3. The zero-order valence-corrected chi connectivity index (χ0v) is 12.1. The van der Waals surface area contributed by atoms with Crippen LogP contribution < -0.4 is 5.32 Å². The van der Waals surface area contributed by atoms with Gasteiger partial charge in [0, 0.05) is 0 Å². The lowest BCUT2D eigenvalue weighted by molar-refractivity contribution is -0.137. The SMILES string of the molecule is CC(C)(C)OC(=O)NC(COS(C)(=O)=O)CC(=O)O. The summed E-state index contributed by atoms with van der Waals surface area (Å²) >= 11 is 0. The van der Waals surface area contributed by atoms with Crippen molar-refractivity contribution in [2.45, 2.75) is 38.8 Å². The number of carboxylic acids is 1. The van der Waals surface area contributed by atoms with E-state index in [9.17, 15) is 18.0 Å². The molecule has 0 saturated carbocycles. The molecule has 8 nitrogen and oxygen atoms in total. The Labute approximate surface area is 112 Å². The van der Waals surface area contributed by atoms with E-state index in [1.165, 1.54) is 0 Å². The van der Waals surface area contributed by atoms with E-state index in [1.807, 2.05) is 0 Å². The molecule has 1 unspecified atom stereocenters. The number of carbonyl (C=O) groups is 2. The molecule has 0 aromatic rings. The molecule has 0 aliphatic rings. The molecule has 19 heavy (non-hydrogen) atoms. The number of carboxylic acid groups (broad SMARTS) is 1. The molecule has 1 atom stereocenters. The van der Waals surface area contributed by atoms with E-state index in [2.05, 4.69) is 9.50 Å². The second kappa shape index (κ2) is 6.71. The van der Waals surface area contributed by atoms with Crippen LogP contribution in [-0.2, 0) is 23.8 Å². The van der Waals surface area contributed by atoms with Crippen LogP contribution in [0.1, 0.15) is 27.2 Å². The van der Waals surface area contributed by atoms with Crippen LogP contribution >= 0.6 is 0 Å². The summed E-state index contributed by atoms with van der Waals surface area (Å²) in [6.07, 6.45) is -0.483. The molecular weight excluding hydrogens is 278 g/mol. The number of alkyl carbamates (subject to hydrolysis) is 1. The maximum Gasteiger partial charge on any atom is 0.407 e. The Morgan fingerprint density at radius 2 is 1.84 bits per heavy atom. The van der Waals surface area contributed by atoms with E-state index in [0.29, 0.717) is 0 Å². The van der Waals surface area contributed by atoms with Gasteiger partial charge in [0.2, 0.25) is 0 Å². The number of hydrogen-bond acceptors (Lipinski definition) is 6. The zero-order valence-electron chi connectivity index (χ0n) is 11.3. The largest absolute Gasteiger partial charge is 0.481 e. The second-order valence-electron chi connectivity index (χ2n) is 4.93. The minimum atomic E-state index is -3.71. The lowest BCUT2D eigenvalue weighted by Crippen LogP contribution is -2.43. The number of ether oxygens (including phenoxy) is 1. The molecule has 0 aliphatic carbocycles. The van der Waals surface area contributed by atoms with Crippen LogP contribution in [-0.4, -0.2) is 50.1 Å². The van der Waals surface area contributed by atoms with Gasteiger partial charge in [0.15, 0.2) is 0 Å². The minimum Gasteiger partial charge on any atom is -0.481 e. The number of aliphatic carboxylic acids is 1. The average Bonchev–Trinajstić information content (AvgIpc) is 2.08. The first-order valence-electron chi connectivity index (χ1n) is 5.45. The van der Waals surface area contributed by atoms with Crippen molar-refractivity contribution in [3.63, 3.8) is 0 Å². The topological polar surface area (TPSA) is 119 Å². The molecule has 0 aromatic carbocycles. The van der Waals surface area contributed by atoms with Crippen LogP contribution in [0.4, 0.5) is 4.79 Å². The Hall–Kier alpha value is -1.35. The normalized spacial score (nSPS) is 13.7. The molecule has 112 valence electrons. The van der Waals surface area contributed by atoms with Crippen LogP contribution in [0.15, 0.2) is 0 Å². The minimum absolute atomic E-state index is 0.468. The lowest BCUT2D eigenvalue weighted by Gasteiger charge is -2.22. The number of amides is 1. The quantitative estimate of drug-likeness (QED) is 0.678. The fourth-order valence-corrected chi connectivity index (χ4v) is 1.45. The van der Waals surface area contributed by atoms with Crippen LogP contribution in [0.5, 0.6) is 0 Å². The smallest absolute Gasteiger partial charge is 0.407 e. The van der Waals surface area contributed by atoms with Crippen molar-refractivity contribution in [2.24, 2.45) is 0 Å². The van der Waals surface area contributed by atoms with Gasteiger partial charge in [-0.15, -0.1) is 0 Å². The Bertz CT molecular complexity index is 424. The van der Waals surface area contributed by atoms with Gasteiger partial charge in [-0.25, -0.2) is 4.79 Å². The predicted molar refractivity (Wildman–Crippen MR) is 66.2 cm³/mol. The lowest BCUT2D eigenvalue weighted by atomic mass is 10.2. The summed E-state index contributed by atoms with van der Waals surface area (Å²) in [5.41, 5.74) is -0.741. The summed E-state index contributed by atoms with van der Waals surface area (Å²) < 4.78 is 31.0. The van der Waals surface area contributed by atoms with Gasteiger partial charge in [-0.05, 0) is 20.8 Å². The standard InChI is InChI=1S/C10H19NO7S/c1-10(2,3)18-9(14)11-7(5-8(12)13)6-17-19(4,15)16/h7H,5-6H2,1-4H3,(H,11,14)(H,12,13). The van der Waals surface area contributed by atoms with Crippen LogP contribution in [0.3, 0.4) is 0 Å². The molecule has 9 heteroatoms. The number of rotatable bonds is 6. The summed E-state index contributed by atoms with van der Waals surface area (Å²) in [5, 5.41) is 10.9. The molecule has 0 radical (unpaired) electrons. The highest BCUT2D eigenvalue weighted by Gasteiger charge is 2.22. The average molecular weight is 297 g/mol. The summed E-state index contributed by atoms with van der Waals surface area (Å²) in [7, 11) is -3.71. The van der Waals surface area contributed by atoms with Crippen LogP contribution in [0.25, 0.3) is 0 Å². The van der Waals surface area contributed by atoms with E-state index < -0.39 is 46.9 Å². The fourth-order valence-electron chi connectivity index (χ4n) is 1.04. The molecule has 0 heterocycles. The van der Waals surface area contributed by atoms with Gasteiger partial charge in [-0.2, -0.15) is 8.42 Å². The molecular formula is C10H19NO7S. The first kappa shape index (κ1) is 17.6. The second-order valence-corrected chi connectivity index (χ2v) is 6.57. The van der Waals surface area contributed by atoms with Crippen molar-refractivity contribution in [1.29, 1.82) is 0 Å².